The SMILES string of the molecule is CCC(=O)C(C)Cc1cncc(Br)c1. The van der Waals surface area contributed by atoms with E-state index in [2.05, 4.69) is 20.9 Å². The van der Waals surface area contributed by atoms with Gasteiger partial charge in [-0.3, -0.25) is 9.78 Å². The maximum absolute atomic E-state index is 11.4. The van der Waals surface area contributed by atoms with Gasteiger partial charge in [0, 0.05) is 29.2 Å². The summed E-state index contributed by atoms with van der Waals surface area (Å²) < 4.78 is 0.964. The summed E-state index contributed by atoms with van der Waals surface area (Å²) in [6.45, 7) is 3.87. The fraction of sp³-hybridized carbons (Fsp3) is 0.455. The topological polar surface area (TPSA) is 30.0 Å². The Bertz CT molecular complexity index is 325. The first-order valence-corrected chi connectivity index (χ1v) is 5.55. The molecule has 1 heterocycles. The second-order valence-corrected chi connectivity index (χ2v) is 4.35. The van der Waals surface area contributed by atoms with E-state index in [1.54, 1.807) is 6.20 Å². The number of Topliss-reactive ketones (excluding diaryl/α,β-unsaturated/α-hetero) is 1. The van der Waals surface area contributed by atoms with Crippen molar-refractivity contribution in [3.63, 3.8) is 0 Å². The first-order chi connectivity index (χ1) is 6.63. The van der Waals surface area contributed by atoms with Crippen LogP contribution in [0.25, 0.3) is 0 Å². The van der Waals surface area contributed by atoms with Gasteiger partial charge in [-0.2, -0.15) is 0 Å². The summed E-state index contributed by atoms with van der Waals surface area (Å²) in [5, 5.41) is 0. The van der Waals surface area contributed by atoms with Crippen LogP contribution >= 0.6 is 15.9 Å². The summed E-state index contributed by atoms with van der Waals surface area (Å²) in [5.41, 5.74) is 1.11. The Morgan fingerprint density at radius 2 is 2.29 bits per heavy atom. The molecule has 0 radical (unpaired) electrons. The lowest BCUT2D eigenvalue weighted by Crippen LogP contribution is -2.12. The van der Waals surface area contributed by atoms with Gasteiger partial charge in [0.1, 0.15) is 5.78 Å². The van der Waals surface area contributed by atoms with Crippen molar-refractivity contribution in [2.45, 2.75) is 26.7 Å². The lowest BCUT2D eigenvalue weighted by atomic mass is 9.97. The lowest BCUT2D eigenvalue weighted by molar-refractivity contribution is -0.122. The van der Waals surface area contributed by atoms with E-state index >= 15 is 0 Å². The Morgan fingerprint density at radius 3 is 2.86 bits per heavy atom. The van der Waals surface area contributed by atoms with Crippen LogP contribution in [0, 0.1) is 5.92 Å². The molecule has 0 N–H and O–H groups in total. The molecule has 76 valence electrons. The van der Waals surface area contributed by atoms with Crippen LogP contribution in [0.15, 0.2) is 22.9 Å². The summed E-state index contributed by atoms with van der Waals surface area (Å²) in [6, 6.07) is 2.01. The standard InChI is InChI=1S/C11H14BrNO/c1-3-11(14)8(2)4-9-5-10(12)7-13-6-9/h5-8H,3-4H2,1-2H3. The third-order valence-electron chi connectivity index (χ3n) is 2.20. The number of rotatable bonds is 4. The number of hydrogen-bond acceptors (Lipinski definition) is 2. The number of carbonyl (C=O) groups is 1. The van der Waals surface area contributed by atoms with Crippen LogP contribution in [0.5, 0.6) is 0 Å². The Hall–Kier alpha value is -0.700. The predicted octanol–water partition coefficient (Wildman–Crippen LogP) is 3.00. The highest BCUT2D eigenvalue weighted by Gasteiger charge is 2.11. The fourth-order valence-electron chi connectivity index (χ4n) is 1.38. The van der Waals surface area contributed by atoms with Gasteiger partial charge in [-0.25, -0.2) is 0 Å². The highest BCUT2D eigenvalue weighted by Crippen LogP contribution is 2.14. The number of carbonyl (C=O) groups excluding carboxylic acids is 1. The average molecular weight is 256 g/mol. The van der Waals surface area contributed by atoms with Gasteiger partial charge in [0.15, 0.2) is 0 Å². The van der Waals surface area contributed by atoms with Crippen molar-refractivity contribution in [1.82, 2.24) is 4.98 Å². The van der Waals surface area contributed by atoms with Gasteiger partial charge >= 0.3 is 0 Å². The second-order valence-electron chi connectivity index (χ2n) is 3.44. The van der Waals surface area contributed by atoms with Crippen LogP contribution in [-0.4, -0.2) is 10.8 Å². The molecule has 1 atom stereocenters. The maximum Gasteiger partial charge on any atom is 0.135 e. The van der Waals surface area contributed by atoms with Crippen molar-refractivity contribution < 1.29 is 4.79 Å². The maximum atomic E-state index is 11.4. The van der Waals surface area contributed by atoms with E-state index < -0.39 is 0 Å². The molecule has 1 aromatic rings. The van der Waals surface area contributed by atoms with Crippen LogP contribution in [0.1, 0.15) is 25.8 Å². The molecule has 0 saturated carbocycles. The van der Waals surface area contributed by atoms with Crippen molar-refractivity contribution in [3.8, 4) is 0 Å². The third kappa shape index (κ3) is 3.22. The molecule has 0 aliphatic rings. The van der Waals surface area contributed by atoms with Gasteiger partial charge in [0.2, 0.25) is 0 Å². The van der Waals surface area contributed by atoms with Crippen molar-refractivity contribution in [2.75, 3.05) is 0 Å². The van der Waals surface area contributed by atoms with Crippen molar-refractivity contribution in [3.05, 3.63) is 28.5 Å². The molecule has 0 fully saturated rings. The van der Waals surface area contributed by atoms with E-state index in [9.17, 15) is 4.79 Å². The lowest BCUT2D eigenvalue weighted by Gasteiger charge is -2.08. The predicted molar refractivity (Wildman–Crippen MR) is 60.1 cm³/mol. The summed E-state index contributed by atoms with van der Waals surface area (Å²) in [4.78, 5) is 15.4. The zero-order valence-electron chi connectivity index (χ0n) is 8.46. The molecule has 1 rings (SSSR count). The smallest absolute Gasteiger partial charge is 0.135 e. The molecule has 0 spiro atoms. The first kappa shape index (κ1) is 11.4. The van der Waals surface area contributed by atoms with Crippen molar-refractivity contribution in [2.24, 2.45) is 5.92 Å². The number of pyridine rings is 1. The van der Waals surface area contributed by atoms with E-state index in [1.165, 1.54) is 0 Å². The summed E-state index contributed by atoms with van der Waals surface area (Å²) >= 11 is 3.36. The number of ketones is 1. The average Bonchev–Trinajstić information content (AvgIpc) is 2.16. The van der Waals surface area contributed by atoms with Crippen molar-refractivity contribution in [1.29, 1.82) is 0 Å². The van der Waals surface area contributed by atoms with Crippen LogP contribution < -0.4 is 0 Å². The highest BCUT2D eigenvalue weighted by molar-refractivity contribution is 9.10. The van der Waals surface area contributed by atoms with Crippen LogP contribution in [0.4, 0.5) is 0 Å². The van der Waals surface area contributed by atoms with Crippen LogP contribution in [0.2, 0.25) is 0 Å². The Balaban J connectivity index is 2.64. The molecule has 0 amide bonds. The molecular weight excluding hydrogens is 242 g/mol. The number of nitrogens with zero attached hydrogens (tertiary/aromatic N) is 1. The zero-order chi connectivity index (χ0) is 10.6. The monoisotopic (exact) mass is 255 g/mol. The normalized spacial score (nSPS) is 12.5. The van der Waals surface area contributed by atoms with Gasteiger partial charge in [-0.05, 0) is 34.0 Å². The minimum absolute atomic E-state index is 0.0936. The molecule has 0 bridgehead atoms. The number of halogens is 1. The van der Waals surface area contributed by atoms with E-state index in [0.717, 1.165) is 16.5 Å². The molecule has 0 saturated heterocycles. The van der Waals surface area contributed by atoms with Crippen LogP contribution in [0.3, 0.4) is 0 Å². The first-order valence-electron chi connectivity index (χ1n) is 4.75. The molecule has 2 nitrogen and oxygen atoms in total. The zero-order valence-corrected chi connectivity index (χ0v) is 10.0. The molecule has 0 aromatic carbocycles. The van der Waals surface area contributed by atoms with E-state index in [0.29, 0.717) is 12.2 Å². The molecule has 0 aliphatic carbocycles. The molecule has 0 aliphatic heterocycles. The van der Waals surface area contributed by atoms with Gasteiger partial charge in [-0.1, -0.05) is 13.8 Å². The van der Waals surface area contributed by atoms with E-state index in [1.807, 2.05) is 26.1 Å². The Morgan fingerprint density at radius 1 is 1.57 bits per heavy atom. The fourth-order valence-corrected chi connectivity index (χ4v) is 1.80. The van der Waals surface area contributed by atoms with Gasteiger partial charge in [-0.15, -0.1) is 0 Å². The highest BCUT2D eigenvalue weighted by atomic mass is 79.9. The minimum Gasteiger partial charge on any atom is -0.299 e. The summed E-state index contributed by atoms with van der Waals surface area (Å²) in [7, 11) is 0. The number of aromatic nitrogens is 1. The Kier molecular flexibility index (Phi) is 4.26. The Labute approximate surface area is 92.9 Å². The number of hydrogen-bond donors (Lipinski definition) is 0. The summed E-state index contributed by atoms with van der Waals surface area (Å²) in [5.74, 6) is 0.404. The van der Waals surface area contributed by atoms with Crippen LogP contribution in [-0.2, 0) is 11.2 Å². The second kappa shape index (κ2) is 5.25. The van der Waals surface area contributed by atoms with Crippen molar-refractivity contribution >= 4 is 21.7 Å². The van der Waals surface area contributed by atoms with E-state index in [-0.39, 0.29) is 5.92 Å². The molecule has 3 heteroatoms. The van der Waals surface area contributed by atoms with Gasteiger partial charge in [0.25, 0.3) is 0 Å². The van der Waals surface area contributed by atoms with Gasteiger partial charge < -0.3 is 0 Å². The molecule has 1 aromatic heterocycles. The molecule has 1 unspecified atom stereocenters. The minimum atomic E-state index is 0.0936. The van der Waals surface area contributed by atoms with E-state index in [4.69, 9.17) is 0 Å². The quantitative estimate of drug-likeness (QED) is 0.828. The third-order valence-corrected chi connectivity index (χ3v) is 2.64. The molecular formula is C11H14BrNO. The molecule has 14 heavy (non-hydrogen) atoms. The largest absolute Gasteiger partial charge is 0.299 e. The summed E-state index contributed by atoms with van der Waals surface area (Å²) in [6.07, 6.45) is 4.95. The van der Waals surface area contributed by atoms with Gasteiger partial charge in [0.05, 0.1) is 0 Å².